The Hall–Kier alpha value is -3.29. The van der Waals surface area contributed by atoms with Crippen molar-refractivity contribution in [1.29, 1.82) is 0 Å². The molecular formula is C18H20N2O6. The van der Waals surface area contributed by atoms with Crippen LogP contribution in [0.15, 0.2) is 36.4 Å². The lowest BCUT2D eigenvalue weighted by Crippen LogP contribution is -2.30. The minimum Gasteiger partial charge on any atom is -0.493 e. The molecule has 0 aliphatic rings. The smallest absolute Gasteiger partial charge is 0.311 e. The van der Waals surface area contributed by atoms with Gasteiger partial charge in [0.2, 0.25) is 0 Å². The molecule has 2 rings (SSSR count). The van der Waals surface area contributed by atoms with Crippen LogP contribution in [0.1, 0.15) is 12.5 Å². The maximum Gasteiger partial charge on any atom is 0.311 e. The highest BCUT2D eigenvalue weighted by Crippen LogP contribution is 2.31. The van der Waals surface area contributed by atoms with Crippen LogP contribution in [0, 0.1) is 17.0 Å². The molecule has 0 heterocycles. The maximum absolute atomic E-state index is 12.3. The van der Waals surface area contributed by atoms with Gasteiger partial charge in [-0.1, -0.05) is 6.07 Å². The van der Waals surface area contributed by atoms with Gasteiger partial charge in [0.1, 0.15) is 0 Å². The number of nitrogens with one attached hydrogen (secondary N) is 1. The zero-order chi connectivity index (χ0) is 19.3. The summed E-state index contributed by atoms with van der Waals surface area (Å²) < 4.78 is 15.8. The first-order chi connectivity index (χ1) is 12.3. The van der Waals surface area contributed by atoms with Crippen LogP contribution in [0.25, 0.3) is 0 Å². The monoisotopic (exact) mass is 360 g/mol. The second kappa shape index (κ2) is 8.19. The van der Waals surface area contributed by atoms with Gasteiger partial charge >= 0.3 is 5.69 Å². The van der Waals surface area contributed by atoms with Crippen molar-refractivity contribution in [2.24, 2.45) is 0 Å². The van der Waals surface area contributed by atoms with E-state index >= 15 is 0 Å². The first-order valence-corrected chi connectivity index (χ1v) is 7.80. The summed E-state index contributed by atoms with van der Waals surface area (Å²) in [6, 6.07) is 9.48. The highest BCUT2D eigenvalue weighted by molar-refractivity contribution is 5.94. The number of rotatable bonds is 7. The Balaban J connectivity index is 2.12. The van der Waals surface area contributed by atoms with Crippen LogP contribution in [0.5, 0.6) is 17.2 Å². The molecule has 8 nitrogen and oxygen atoms in total. The molecule has 26 heavy (non-hydrogen) atoms. The summed E-state index contributed by atoms with van der Waals surface area (Å²) in [5.41, 5.74) is 1.03. The molecule has 0 radical (unpaired) electrons. The minimum absolute atomic E-state index is 0.0376. The second-order valence-electron chi connectivity index (χ2n) is 5.55. The van der Waals surface area contributed by atoms with Crippen molar-refractivity contribution in [3.63, 3.8) is 0 Å². The van der Waals surface area contributed by atoms with E-state index in [1.807, 2.05) is 0 Å². The molecule has 0 spiro atoms. The van der Waals surface area contributed by atoms with E-state index in [0.29, 0.717) is 17.2 Å². The van der Waals surface area contributed by atoms with E-state index in [9.17, 15) is 14.9 Å². The summed E-state index contributed by atoms with van der Waals surface area (Å²) in [6.45, 7) is 3.25. The minimum atomic E-state index is -0.940. The number of benzene rings is 2. The molecule has 0 aliphatic carbocycles. The van der Waals surface area contributed by atoms with Gasteiger partial charge < -0.3 is 19.5 Å². The zero-order valence-electron chi connectivity index (χ0n) is 14.9. The molecule has 0 bridgehead atoms. The van der Waals surface area contributed by atoms with E-state index in [-0.39, 0.29) is 11.4 Å². The van der Waals surface area contributed by atoms with Gasteiger partial charge in [-0.05, 0) is 37.6 Å². The van der Waals surface area contributed by atoms with Crippen LogP contribution in [0.2, 0.25) is 0 Å². The van der Waals surface area contributed by atoms with E-state index in [1.165, 1.54) is 33.3 Å². The molecular weight excluding hydrogens is 340 g/mol. The molecule has 0 saturated heterocycles. The van der Waals surface area contributed by atoms with Crippen molar-refractivity contribution >= 4 is 17.3 Å². The molecule has 1 amide bonds. The Morgan fingerprint density at radius 1 is 1.08 bits per heavy atom. The summed E-state index contributed by atoms with van der Waals surface area (Å²) >= 11 is 0. The van der Waals surface area contributed by atoms with Crippen LogP contribution in [-0.2, 0) is 4.79 Å². The lowest BCUT2D eigenvalue weighted by atomic mass is 10.2. The Morgan fingerprint density at radius 3 is 2.35 bits per heavy atom. The van der Waals surface area contributed by atoms with Gasteiger partial charge in [0.25, 0.3) is 5.91 Å². The highest BCUT2D eigenvalue weighted by Gasteiger charge is 2.21. The molecule has 8 heteroatoms. The van der Waals surface area contributed by atoms with Crippen molar-refractivity contribution in [2.45, 2.75) is 20.0 Å². The molecule has 0 fully saturated rings. The van der Waals surface area contributed by atoms with Gasteiger partial charge in [-0.15, -0.1) is 0 Å². The van der Waals surface area contributed by atoms with Crippen LogP contribution in [-0.4, -0.2) is 31.2 Å². The van der Waals surface area contributed by atoms with Gasteiger partial charge in [0.15, 0.2) is 23.4 Å². The lowest BCUT2D eigenvalue weighted by Gasteiger charge is -2.16. The molecule has 2 aromatic carbocycles. The number of carbonyl (C=O) groups is 1. The molecule has 0 saturated carbocycles. The fourth-order valence-corrected chi connectivity index (χ4v) is 2.27. The summed E-state index contributed by atoms with van der Waals surface area (Å²) in [5.74, 6) is 0.584. The largest absolute Gasteiger partial charge is 0.493 e. The van der Waals surface area contributed by atoms with Gasteiger partial charge in [-0.3, -0.25) is 14.9 Å². The van der Waals surface area contributed by atoms with Crippen LogP contribution >= 0.6 is 0 Å². The van der Waals surface area contributed by atoms with Crippen molar-refractivity contribution < 1.29 is 23.9 Å². The van der Waals surface area contributed by atoms with Crippen molar-refractivity contribution in [2.75, 3.05) is 19.5 Å². The van der Waals surface area contributed by atoms with Gasteiger partial charge in [-0.25, -0.2) is 0 Å². The lowest BCUT2D eigenvalue weighted by molar-refractivity contribution is -0.386. The highest BCUT2D eigenvalue weighted by atomic mass is 16.6. The number of ether oxygens (including phenoxy) is 3. The van der Waals surface area contributed by atoms with E-state index in [2.05, 4.69) is 5.32 Å². The summed E-state index contributed by atoms with van der Waals surface area (Å²) in [5, 5.41) is 13.8. The molecule has 0 aromatic heterocycles. The standard InChI is InChI=1S/C18H20N2O6/c1-11-5-7-15(14(9-11)20(22)23)26-12(2)18(21)19-13-6-8-16(24-3)17(10-13)25-4/h5-10,12H,1-4H3,(H,19,21)/t12-/m1/s1. The van der Waals surface area contributed by atoms with Crippen molar-refractivity contribution in [3.05, 3.63) is 52.1 Å². The van der Waals surface area contributed by atoms with E-state index in [1.54, 1.807) is 31.2 Å². The van der Waals surface area contributed by atoms with E-state index in [0.717, 1.165) is 5.56 Å². The molecule has 0 aliphatic heterocycles. The number of carbonyl (C=O) groups excluding carboxylic acids is 1. The zero-order valence-corrected chi connectivity index (χ0v) is 14.9. The molecule has 138 valence electrons. The van der Waals surface area contributed by atoms with Crippen LogP contribution in [0.4, 0.5) is 11.4 Å². The summed E-state index contributed by atoms with van der Waals surface area (Å²) in [6.07, 6.45) is -0.940. The molecule has 1 N–H and O–H groups in total. The average molecular weight is 360 g/mol. The van der Waals surface area contributed by atoms with Gasteiger partial charge in [0.05, 0.1) is 19.1 Å². The molecule has 0 unspecified atom stereocenters. The number of methoxy groups -OCH3 is 2. The quantitative estimate of drug-likeness (QED) is 0.600. The van der Waals surface area contributed by atoms with Crippen molar-refractivity contribution in [3.8, 4) is 17.2 Å². The molecule has 1 atom stereocenters. The first kappa shape index (κ1) is 19.0. The third kappa shape index (κ3) is 4.41. The number of amides is 1. The SMILES string of the molecule is COc1ccc(NC(=O)[C@@H](C)Oc2ccc(C)cc2[N+](=O)[O-])cc1OC. The third-order valence-corrected chi connectivity index (χ3v) is 3.64. The first-order valence-electron chi connectivity index (χ1n) is 7.80. The van der Waals surface area contributed by atoms with Gasteiger partial charge in [0, 0.05) is 17.8 Å². The summed E-state index contributed by atoms with van der Waals surface area (Å²) in [4.78, 5) is 22.9. The normalized spacial score (nSPS) is 11.4. The third-order valence-electron chi connectivity index (χ3n) is 3.64. The number of nitro groups is 1. The predicted octanol–water partition coefficient (Wildman–Crippen LogP) is 3.33. The number of hydrogen-bond donors (Lipinski definition) is 1. The number of anilines is 1. The number of hydrogen-bond acceptors (Lipinski definition) is 6. The van der Waals surface area contributed by atoms with Crippen LogP contribution < -0.4 is 19.5 Å². The number of aryl methyl sites for hydroxylation is 1. The average Bonchev–Trinajstić information content (AvgIpc) is 2.62. The number of nitro benzene ring substituents is 1. The van der Waals surface area contributed by atoms with Gasteiger partial charge in [-0.2, -0.15) is 0 Å². The number of nitrogens with zero attached hydrogens (tertiary/aromatic N) is 1. The maximum atomic E-state index is 12.3. The molecule has 2 aromatic rings. The van der Waals surface area contributed by atoms with Crippen molar-refractivity contribution in [1.82, 2.24) is 0 Å². The Labute approximate surface area is 150 Å². The fraction of sp³-hybridized carbons (Fsp3) is 0.278. The Morgan fingerprint density at radius 2 is 1.73 bits per heavy atom. The van der Waals surface area contributed by atoms with E-state index < -0.39 is 16.9 Å². The predicted molar refractivity (Wildman–Crippen MR) is 96.1 cm³/mol. The summed E-state index contributed by atoms with van der Waals surface area (Å²) in [7, 11) is 3.01. The van der Waals surface area contributed by atoms with E-state index in [4.69, 9.17) is 14.2 Å². The topological polar surface area (TPSA) is 99.9 Å². The van der Waals surface area contributed by atoms with Crippen LogP contribution in [0.3, 0.4) is 0 Å². The second-order valence-corrected chi connectivity index (χ2v) is 5.55. The Kier molecular flexibility index (Phi) is 6.00. The Bertz CT molecular complexity index is 821. The fourth-order valence-electron chi connectivity index (χ4n) is 2.27.